The number of nitrogens with zero attached hydrogens (tertiary/aromatic N) is 3. The van der Waals surface area contributed by atoms with Gasteiger partial charge in [-0.05, 0) is 12.8 Å². The average Bonchev–Trinajstić information content (AvgIpc) is 2.72. The van der Waals surface area contributed by atoms with Gasteiger partial charge < -0.3 is 10.3 Å². The lowest BCUT2D eigenvalue weighted by Crippen LogP contribution is -2.43. The Labute approximate surface area is 88.9 Å². The van der Waals surface area contributed by atoms with E-state index < -0.39 is 0 Å². The fourth-order valence-corrected chi connectivity index (χ4v) is 2.09. The quantitative estimate of drug-likeness (QED) is 0.779. The SMILES string of the molecule is NC(=O)C(N1CCCCC1)n1ccnc1. The van der Waals surface area contributed by atoms with Gasteiger partial charge >= 0.3 is 0 Å². The molecule has 0 saturated carbocycles. The van der Waals surface area contributed by atoms with E-state index in [9.17, 15) is 4.79 Å². The Morgan fingerprint density at radius 1 is 1.33 bits per heavy atom. The minimum atomic E-state index is -0.368. The van der Waals surface area contributed by atoms with Gasteiger partial charge in [-0.15, -0.1) is 0 Å². The third-order valence-electron chi connectivity index (χ3n) is 2.80. The zero-order valence-electron chi connectivity index (χ0n) is 8.67. The number of primary amides is 1. The van der Waals surface area contributed by atoms with Crippen LogP contribution in [0.25, 0.3) is 0 Å². The van der Waals surface area contributed by atoms with Crippen molar-refractivity contribution >= 4 is 5.91 Å². The van der Waals surface area contributed by atoms with Crippen LogP contribution in [0, 0.1) is 0 Å². The lowest BCUT2D eigenvalue weighted by atomic mass is 10.1. The largest absolute Gasteiger partial charge is 0.367 e. The van der Waals surface area contributed by atoms with Gasteiger partial charge in [0.05, 0.1) is 6.33 Å². The van der Waals surface area contributed by atoms with Gasteiger partial charge in [-0.2, -0.15) is 0 Å². The molecule has 0 aliphatic carbocycles. The summed E-state index contributed by atoms with van der Waals surface area (Å²) in [5.74, 6) is -0.310. The molecule has 0 bridgehead atoms. The van der Waals surface area contributed by atoms with E-state index in [4.69, 9.17) is 5.73 Å². The Morgan fingerprint density at radius 3 is 2.60 bits per heavy atom. The molecule has 2 rings (SSSR count). The van der Waals surface area contributed by atoms with Gasteiger partial charge in [-0.25, -0.2) is 4.98 Å². The molecule has 1 saturated heterocycles. The summed E-state index contributed by atoms with van der Waals surface area (Å²) in [4.78, 5) is 17.5. The smallest absolute Gasteiger partial charge is 0.255 e. The molecule has 1 aliphatic heterocycles. The lowest BCUT2D eigenvalue weighted by molar-refractivity contribution is -0.127. The maximum Gasteiger partial charge on any atom is 0.255 e. The fourth-order valence-electron chi connectivity index (χ4n) is 2.09. The van der Waals surface area contributed by atoms with Crippen LogP contribution in [0.4, 0.5) is 0 Å². The molecule has 2 N–H and O–H groups in total. The first-order valence-electron chi connectivity index (χ1n) is 5.30. The highest BCUT2D eigenvalue weighted by Crippen LogP contribution is 2.18. The van der Waals surface area contributed by atoms with Crippen LogP contribution in [-0.2, 0) is 4.79 Å². The molecule has 1 aromatic rings. The van der Waals surface area contributed by atoms with Crippen molar-refractivity contribution in [3.63, 3.8) is 0 Å². The van der Waals surface area contributed by atoms with Gasteiger partial charge in [0.1, 0.15) is 0 Å². The fraction of sp³-hybridized carbons (Fsp3) is 0.600. The van der Waals surface area contributed by atoms with Gasteiger partial charge in [0.2, 0.25) is 0 Å². The molecule has 1 aliphatic rings. The van der Waals surface area contributed by atoms with Crippen LogP contribution in [0.2, 0.25) is 0 Å². The third-order valence-corrected chi connectivity index (χ3v) is 2.80. The highest BCUT2D eigenvalue weighted by molar-refractivity contribution is 5.77. The number of hydrogen-bond donors (Lipinski definition) is 1. The predicted molar refractivity (Wildman–Crippen MR) is 55.9 cm³/mol. The van der Waals surface area contributed by atoms with E-state index >= 15 is 0 Å². The lowest BCUT2D eigenvalue weighted by Gasteiger charge is -2.32. The van der Waals surface area contributed by atoms with Gasteiger partial charge in [-0.3, -0.25) is 9.69 Å². The summed E-state index contributed by atoms with van der Waals surface area (Å²) < 4.78 is 1.77. The van der Waals surface area contributed by atoms with Crippen LogP contribution in [0.3, 0.4) is 0 Å². The van der Waals surface area contributed by atoms with Gasteiger partial charge in [0, 0.05) is 25.5 Å². The number of imidazole rings is 1. The van der Waals surface area contributed by atoms with Crippen LogP contribution < -0.4 is 5.73 Å². The van der Waals surface area contributed by atoms with Crippen molar-refractivity contribution in [2.45, 2.75) is 25.4 Å². The number of carbonyl (C=O) groups is 1. The van der Waals surface area contributed by atoms with Gasteiger partial charge in [0.15, 0.2) is 6.17 Å². The summed E-state index contributed by atoms with van der Waals surface area (Å²) in [6.07, 6.45) is 8.24. The Morgan fingerprint density at radius 2 is 2.07 bits per heavy atom. The normalized spacial score (nSPS) is 20.0. The van der Waals surface area contributed by atoms with E-state index in [2.05, 4.69) is 9.88 Å². The first-order chi connectivity index (χ1) is 7.29. The Bertz CT molecular complexity index is 316. The monoisotopic (exact) mass is 208 g/mol. The Balaban J connectivity index is 2.15. The van der Waals surface area contributed by atoms with Gasteiger partial charge in [0.25, 0.3) is 5.91 Å². The second-order valence-electron chi connectivity index (χ2n) is 3.88. The summed E-state index contributed by atoms with van der Waals surface area (Å²) in [5.41, 5.74) is 5.43. The minimum absolute atomic E-state index is 0.310. The highest BCUT2D eigenvalue weighted by Gasteiger charge is 2.26. The van der Waals surface area contributed by atoms with Crippen molar-refractivity contribution in [2.24, 2.45) is 5.73 Å². The van der Waals surface area contributed by atoms with Crippen molar-refractivity contribution in [3.8, 4) is 0 Å². The van der Waals surface area contributed by atoms with Crippen LogP contribution in [0.5, 0.6) is 0 Å². The maximum absolute atomic E-state index is 11.4. The van der Waals surface area contributed by atoms with Crippen molar-refractivity contribution in [3.05, 3.63) is 18.7 Å². The van der Waals surface area contributed by atoms with E-state index in [-0.39, 0.29) is 12.1 Å². The Kier molecular flexibility index (Phi) is 3.01. The number of rotatable bonds is 3. The molecular weight excluding hydrogens is 192 g/mol. The molecule has 0 aromatic carbocycles. The third kappa shape index (κ3) is 2.18. The molecule has 0 spiro atoms. The average molecular weight is 208 g/mol. The zero-order chi connectivity index (χ0) is 10.7. The van der Waals surface area contributed by atoms with Crippen molar-refractivity contribution in [1.29, 1.82) is 0 Å². The van der Waals surface area contributed by atoms with Crippen molar-refractivity contribution in [2.75, 3.05) is 13.1 Å². The number of piperidine rings is 1. The standard InChI is InChI=1S/C10H16N4O/c11-9(15)10(14-7-4-12-8-14)13-5-2-1-3-6-13/h4,7-8,10H,1-3,5-6H2,(H2,11,15). The maximum atomic E-state index is 11.4. The van der Waals surface area contributed by atoms with Crippen LogP contribution in [-0.4, -0.2) is 33.4 Å². The summed E-state index contributed by atoms with van der Waals surface area (Å²) in [6, 6.07) is 0. The minimum Gasteiger partial charge on any atom is -0.367 e. The van der Waals surface area contributed by atoms with Gasteiger partial charge in [-0.1, -0.05) is 6.42 Å². The van der Waals surface area contributed by atoms with E-state index in [1.807, 2.05) is 0 Å². The second kappa shape index (κ2) is 4.44. The number of likely N-dealkylation sites (tertiary alicyclic amines) is 1. The molecule has 1 aromatic heterocycles. The number of nitrogens with two attached hydrogens (primary N) is 1. The second-order valence-corrected chi connectivity index (χ2v) is 3.88. The molecule has 1 fully saturated rings. The van der Waals surface area contributed by atoms with E-state index in [0.717, 1.165) is 25.9 Å². The van der Waals surface area contributed by atoms with Crippen LogP contribution >= 0.6 is 0 Å². The first kappa shape index (κ1) is 10.2. The van der Waals surface area contributed by atoms with Crippen molar-refractivity contribution < 1.29 is 4.79 Å². The topological polar surface area (TPSA) is 64.2 Å². The predicted octanol–water partition coefficient (Wildman–Crippen LogP) is 0.353. The summed E-state index contributed by atoms with van der Waals surface area (Å²) >= 11 is 0. The summed E-state index contributed by atoms with van der Waals surface area (Å²) in [6.45, 7) is 1.87. The van der Waals surface area contributed by atoms with Crippen LogP contribution in [0.1, 0.15) is 25.4 Å². The molecule has 0 radical (unpaired) electrons. The zero-order valence-corrected chi connectivity index (χ0v) is 8.67. The molecule has 1 atom stereocenters. The van der Waals surface area contributed by atoms with Crippen molar-refractivity contribution in [1.82, 2.24) is 14.5 Å². The molecule has 82 valence electrons. The molecule has 1 amide bonds. The molecule has 15 heavy (non-hydrogen) atoms. The molecule has 2 heterocycles. The van der Waals surface area contributed by atoms with E-state index in [1.54, 1.807) is 23.3 Å². The number of carbonyl (C=O) groups excluding carboxylic acids is 1. The first-order valence-corrected chi connectivity index (χ1v) is 5.30. The summed E-state index contributed by atoms with van der Waals surface area (Å²) in [7, 11) is 0. The number of amides is 1. The summed E-state index contributed by atoms with van der Waals surface area (Å²) in [5, 5.41) is 0. The van der Waals surface area contributed by atoms with E-state index in [1.165, 1.54) is 6.42 Å². The highest BCUT2D eigenvalue weighted by atomic mass is 16.1. The molecule has 1 unspecified atom stereocenters. The Hall–Kier alpha value is -1.36. The number of hydrogen-bond acceptors (Lipinski definition) is 3. The molecular formula is C10H16N4O. The molecule has 5 nitrogen and oxygen atoms in total. The van der Waals surface area contributed by atoms with Crippen LogP contribution in [0.15, 0.2) is 18.7 Å². The van der Waals surface area contributed by atoms with E-state index in [0.29, 0.717) is 0 Å². The molecule has 5 heteroatoms. The number of aromatic nitrogens is 2.